The lowest BCUT2D eigenvalue weighted by Crippen LogP contribution is -2.30. The van der Waals surface area contributed by atoms with Gasteiger partial charge in [0.2, 0.25) is 0 Å². The quantitative estimate of drug-likeness (QED) is 0.417. The first-order valence-electron chi connectivity index (χ1n) is 8.98. The van der Waals surface area contributed by atoms with Crippen LogP contribution in [-0.4, -0.2) is 31.0 Å². The van der Waals surface area contributed by atoms with Crippen LogP contribution in [0.25, 0.3) is 11.0 Å². The van der Waals surface area contributed by atoms with E-state index in [2.05, 4.69) is 20.6 Å². The van der Waals surface area contributed by atoms with E-state index < -0.39 is 5.91 Å². The summed E-state index contributed by atoms with van der Waals surface area (Å²) in [6.07, 6.45) is 2.78. The van der Waals surface area contributed by atoms with Gasteiger partial charge in [0.1, 0.15) is 18.3 Å². The summed E-state index contributed by atoms with van der Waals surface area (Å²) in [5.41, 5.74) is 5.07. The van der Waals surface area contributed by atoms with Crippen LogP contribution in [0.1, 0.15) is 11.1 Å². The van der Waals surface area contributed by atoms with E-state index in [1.165, 1.54) is 21.8 Å². The molecule has 4 aromatic rings. The van der Waals surface area contributed by atoms with Crippen molar-refractivity contribution >= 4 is 22.7 Å². The average Bonchev–Trinajstić information content (AvgIpc) is 3.13. The molecule has 0 aliphatic rings. The Balaban J connectivity index is 1.59. The second-order valence-electron chi connectivity index (χ2n) is 6.41. The average molecular weight is 386 g/mol. The standard InChI is InChI=1S/C21H18N6O2/c1-26-20-17(12-23-26)21(29)27(14-22-20)13-18(28)24-25-19(15-8-4-2-5-9-15)16-10-6-3-7-11-16/h2-12,14H,13H2,1H3,(H,24,28). The number of amides is 1. The molecule has 0 saturated heterocycles. The van der Waals surface area contributed by atoms with Crippen LogP contribution < -0.4 is 11.0 Å². The largest absolute Gasteiger partial charge is 0.289 e. The van der Waals surface area contributed by atoms with Crippen molar-refractivity contribution in [3.05, 3.63) is 94.7 Å². The summed E-state index contributed by atoms with van der Waals surface area (Å²) in [6, 6.07) is 19.1. The maximum atomic E-state index is 12.5. The molecule has 0 aliphatic carbocycles. The molecule has 0 radical (unpaired) electrons. The second kappa shape index (κ2) is 7.89. The smallest absolute Gasteiger partial charge is 0.264 e. The lowest BCUT2D eigenvalue weighted by atomic mass is 10.0. The molecule has 0 bridgehead atoms. The van der Waals surface area contributed by atoms with Gasteiger partial charge in [-0.05, 0) is 0 Å². The van der Waals surface area contributed by atoms with Gasteiger partial charge in [-0.2, -0.15) is 10.2 Å². The van der Waals surface area contributed by atoms with Crippen LogP contribution in [0.3, 0.4) is 0 Å². The number of hydrogen-bond donors (Lipinski definition) is 1. The van der Waals surface area contributed by atoms with Crippen molar-refractivity contribution in [1.82, 2.24) is 24.8 Å². The molecule has 4 rings (SSSR count). The van der Waals surface area contributed by atoms with Crippen molar-refractivity contribution in [2.75, 3.05) is 0 Å². The van der Waals surface area contributed by atoms with Crippen LogP contribution in [0, 0.1) is 0 Å². The van der Waals surface area contributed by atoms with Gasteiger partial charge in [0.05, 0.1) is 11.9 Å². The summed E-state index contributed by atoms with van der Waals surface area (Å²) in [5.74, 6) is -0.429. The predicted molar refractivity (Wildman–Crippen MR) is 109 cm³/mol. The number of aromatic nitrogens is 4. The summed E-state index contributed by atoms with van der Waals surface area (Å²) in [6.45, 7) is -0.197. The van der Waals surface area contributed by atoms with E-state index in [0.717, 1.165) is 11.1 Å². The van der Waals surface area contributed by atoms with Gasteiger partial charge >= 0.3 is 0 Å². The van der Waals surface area contributed by atoms with Crippen molar-refractivity contribution in [3.8, 4) is 0 Å². The van der Waals surface area contributed by atoms with Gasteiger partial charge in [0.15, 0.2) is 5.65 Å². The van der Waals surface area contributed by atoms with Crippen molar-refractivity contribution < 1.29 is 4.79 Å². The van der Waals surface area contributed by atoms with E-state index in [0.29, 0.717) is 16.7 Å². The fraction of sp³-hybridized carbons (Fsp3) is 0.0952. The van der Waals surface area contributed by atoms with Crippen LogP contribution in [-0.2, 0) is 18.4 Å². The molecule has 1 N–H and O–H groups in total. The zero-order chi connectivity index (χ0) is 20.2. The molecule has 0 fully saturated rings. The van der Waals surface area contributed by atoms with Crippen molar-refractivity contribution in [3.63, 3.8) is 0 Å². The van der Waals surface area contributed by atoms with Crippen LogP contribution >= 0.6 is 0 Å². The van der Waals surface area contributed by atoms with E-state index >= 15 is 0 Å². The molecule has 29 heavy (non-hydrogen) atoms. The topological polar surface area (TPSA) is 94.2 Å². The predicted octanol–water partition coefficient (Wildman–Crippen LogP) is 1.70. The first-order valence-corrected chi connectivity index (χ1v) is 8.98. The molecule has 144 valence electrons. The number of nitrogens with zero attached hydrogens (tertiary/aromatic N) is 5. The number of fused-ring (bicyclic) bond motifs is 1. The lowest BCUT2D eigenvalue weighted by molar-refractivity contribution is -0.121. The molecule has 1 amide bonds. The van der Waals surface area contributed by atoms with E-state index in [9.17, 15) is 9.59 Å². The third-order valence-electron chi connectivity index (χ3n) is 4.42. The van der Waals surface area contributed by atoms with Gasteiger partial charge in [0.25, 0.3) is 11.5 Å². The maximum Gasteiger partial charge on any atom is 0.264 e. The Morgan fingerprint density at radius 1 is 1.03 bits per heavy atom. The number of benzene rings is 2. The Kier molecular flexibility index (Phi) is 4.98. The molecule has 0 saturated carbocycles. The van der Waals surface area contributed by atoms with Crippen LogP contribution in [0.2, 0.25) is 0 Å². The zero-order valence-corrected chi connectivity index (χ0v) is 15.7. The van der Waals surface area contributed by atoms with E-state index in [1.807, 2.05) is 60.7 Å². The SMILES string of the molecule is Cn1ncc2c(=O)n(CC(=O)NN=C(c3ccccc3)c3ccccc3)cnc21. The molecular weight excluding hydrogens is 368 g/mol. The van der Waals surface area contributed by atoms with Gasteiger partial charge in [-0.3, -0.25) is 18.8 Å². The first-order chi connectivity index (χ1) is 14.1. The Hall–Kier alpha value is -4.07. The molecule has 2 aromatic heterocycles. The number of hydrazone groups is 1. The Morgan fingerprint density at radius 3 is 2.28 bits per heavy atom. The van der Waals surface area contributed by atoms with E-state index in [1.54, 1.807) is 7.05 Å². The molecule has 0 aliphatic heterocycles. The number of rotatable bonds is 5. The fourth-order valence-electron chi connectivity index (χ4n) is 2.98. The minimum absolute atomic E-state index is 0.197. The van der Waals surface area contributed by atoms with Crippen LogP contribution in [0.15, 0.2) is 83.1 Å². The Bertz CT molecular complexity index is 1200. The van der Waals surface area contributed by atoms with Gasteiger partial charge < -0.3 is 0 Å². The Labute approximate surface area is 166 Å². The van der Waals surface area contributed by atoms with Gasteiger partial charge in [-0.1, -0.05) is 60.7 Å². The summed E-state index contributed by atoms with van der Waals surface area (Å²) in [7, 11) is 1.70. The number of carbonyl (C=O) groups excluding carboxylic acids is 1. The normalized spacial score (nSPS) is 10.7. The molecule has 0 unspecified atom stereocenters. The van der Waals surface area contributed by atoms with Gasteiger partial charge in [-0.15, -0.1) is 0 Å². The third kappa shape index (κ3) is 3.81. The Morgan fingerprint density at radius 2 is 1.66 bits per heavy atom. The number of aryl methyl sites for hydroxylation is 1. The highest BCUT2D eigenvalue weighted by Gasteiger charge is 2.12. The fourth-order valence-corrected chi connectivity index (χ4v) is 2.98. The van der Waals surface area contributed by atoms with Gasteiger partial charge in [-0.25, -0.2) is 10.4 Å². The summed E-state index contributed by atoms with van der Waals surface area (Å²) in [5, 5.41) is 8.70. The number of hydrogen-bond acceptors (Lipinski definition) is 5. The molecule has 8 nitrogen and oxygen atoms in total. The summed E-state index contributed by atoms with van der Waals surface area (Å²) in [4.78, 5) is 29.2. The van der Waals surface area contributed by atoms with E-state index in [4.69, 9.17) is 0 Å². The summed E-state index contributed by atoms with van der Waals surface area (Å²) >= 11 is 0. The number of nitrogens with one attached hydrogen (secondary N) is 1. The summed E-state index contributed by atoms with van der Waals surface area (Å²) < 4.78 is 2.75. The monoisotopic (exact) mass is 386 g/mol. The third-order valence-corrected chi connectivity index (χ3v) is 4.42. The molecular formula is C21H18N6O2. The van der Waals surface area contributed by atoms with E-state index in [-0.39, 0.29) is 12.1 Å². The maximum absolute atomic E-state index is 12.5. The highest BCUT2D eigenvalue weighted by Crippen LogP contribution is 2.10. The molecule has 0 spiro atoms. The minimum atomic E-state index is -0.429. The van der Waals surface area contributed by atoms with Crippen LogP contribution in [0.5, 0.6) is 0 Å². The first kappa shape index (κ1) is 18.3. The minimum Gasteiger partial charge on any atom is -0.289 e. The highest BCUT2D eigenvalue weighted by atomic mass is 16.2. The van der Waals surface area contributed by atoms with Crippen molar-refractivity contribution in [1.29, 1.82) is 0 Å². The molecule has 2 heterocycles. The molecule has 0 atom stereocenters. The van der Waals surface area contributed by atoms with Crippen LogP contribution in [0.4, 0.5) is 0 Å². The zero-order valence-electron chi connectivity index (χ0n) is 15.7. The van der Waals surface area contributed by atoms with Crippen molar-refractivity contribution in [2.45, 2.75) is 6.54 Å². The number of carbonyl (C=O) groups is 1. The molecule has 8 heteroatoms. The van der Waals surface area contributed by atoms with Gasteiger partial charge in [0, 0.05) is 18.2 Å². The second-order valence-corrected chi connectivity index (χ2v) is 6.41. The highest BCUT2D eigenvalue weighted by molar-refractivity contribution is 6.13. The lowest BCUT2D eigenvalue weighted by Gasteiger charge is -2.09. The molecule has 2 aromatic carbocycles. The van der Waals surface area contributed by atoms with Crippen molar-refractivity contribution in [2.24, 2.45) is 12.1 Å².